The first-order chi connectivity index (χ1) is 21.5. The summed E-state index contributed by atoms with van der Waals surface area (Å²) in [5.74, 6) is 0.805. The van der Waals surface area contributed by atoms with Crippen molar-refractivity contribution in [2.75, 3.05) is 6.61 Å². The van der Waals surface area contributed by atoms with Crippen LogP contribution < -0.4 is 24.4 Å². The van der Waals surface area contributed by atoms with Crippen molar-refractivity contribution in [2.45, 2.75) is 46.4 Å². The zero-order valence-corrected chi connectivity index (χ0v) is 31.3. The molecular weight excluding hydrogens is 861 g/mol. The Balaban J connectivity index is 1.57. The molecule has 45 heavy (non-hydrogen) atoms. The van der Waals surface area contributed by atoms with Crippen LogP contribution in [0.4, 0.5) is 0 Å². The van der Waals surface area contributed by atoms with Crippen molar-refractivity contribution in [1.29, 1.82) is 0 Å². The van der Waals surface area contributed by atoms with Gasteiger partial charge in [0, 0.05) is 5.56 Å². The number of halogens is 4. The van der Waals surface area contributed by atoms with Crippen LogP contribution in [0, 0.1) is 7.14 Å². The van der Waals surface area contributed by atoms with Gasteiger partial charge in [-0.05, 0) is 120 Å². The summed E-state index contributed by atoms with van der Waals surface area (Å²) in [5, 5.41) is 0.965. The number of hydrogen-bond donors (Lipinski definition) is 0. The summed E-state index contributed by atoms with van der Waals surface area (Å²) in [7, 11) is 0. The molecule has 234 valence electrons. The van der Waals surface area contributed by atoms with Gasteiger partial charge in [0.25, 0.3) is 5.56 Å². The van der Waals surface area contributed by atoms with Crippen LogP contribution in [0.3, 0.4) is 0 Å². The lowest BCUT2D eigenvalue weighted by molar-refractivity contribution is -0.139. The van der Waals surface area contributed by atoms with E-state index in [9.17, 15) is 9.59 Å². The third-order valence-electron chi connectivity index (χ3n) is 6.78. The molecular formula is C33H28Cl2I2N2O5S. The van der Waals surface area contributed by atoms with Gasteiger partial charge in [-0.15, -0.1) is 0 Å². The molecule has 0 saturated carbocycles. The fourth-order valence-corrected chi connectivity index (χ4v) is 8.39. The number of carbonyl (C=O) groups is 1. The fraction of sp³-hybridized carbons (Fsp3) is 0.242. The monoisotopic (exact) mass is 888 g/mol. The second-order valence-electron chi connectivity index (χ2n) is 10.4. The van der Waals surface area contributed by atoms with Crippen LogP contribution in [0.15, 0.2) is 75.7 Å². The van der Waals surface area contributed by atoms with E-state index in [1.807, 2.05) is 62.4 Å². The van der Waals surface area contributed by atoms with E-state index in [4.69, 9.17) is 42.4 Å². The van der Waals surface area contributed by atoms with Crippen molar-refractivity contribution in [1.82, 2.24) is 4.57 Å². The number of ether oxygens (including phenoxy) is 3. The van der Waals surface area contributed by atoms with E-state index in [0.29, 0.717) is 48.6 Å². The van der Waals surface area contributed by atoms with Crippen molar-refractivity contribution in [3.8, 4) is 11.5 Å². The molecule has 5 rings (SSSR count). The predicted octanol–water partition coefficient (Wildman–Crippen LogP) is 7.68. The number of aromatic nitrogens is 1. The van der Waals surface area contributed by atoms with Crippen molar-refractivity contribution < 1.29 is 19.0 Å². The first-order valence-electron chi connectivity index (χ1n) is 14.0. The quantitative estimate of drug-likeness (QED) is 0.127. The summed E-state index contributed by atoms with van der Waals surface area (Å²) < 4.78 is 21.5. The predicted molar refractivity (Wildman–Crippen MR) is 195 cm³/mol. The van der Waals surface area contributed by atoms with Gasteiger partial charge in [-0.2, -0.15) is 0 Å². The SMILES string of the molecule is CCOC(=O)C1=C(C)N=c2s/c(=C\c3cc(I)c(OCc4ccc(Cl)c(Cl)c4)c(I)c3)c(=O)n2[C@@H]1c1ccccc1OC(C)C. The van der Waals surface area contributed by atoms with Gasteiger partial charge in [-0.3, -0.25) is 9.36 Å². The van der Waals surface area contributed by atoms with Gasteiger partial charge in [-0.1, -0.05) is 58.8 Å². The molecule has 1 atom stereocenters. The normalized spacial score (nSPS) is 14.8. The molecule has 3 aromatic carbocycles. The highest BCUT2D eigenvalue weighted by atomic mass is 127. The smallest absolute Gasteiger partial charge is 0.338 e. The van der Waals surface area contributed by atoms with Crippen LogP contribution in [-0.4, -0.2) is 23.2 Å². The van der Waals surface area contributed by atoms with Crippen molar-refractivity contribution in [2.24, 2.45) is 4.99 Å². The molecule has 0 fully saturated rings. The molecule has 0 unspecified atom stereocenters. The highest BCUT2D eigenvalue weighted by Gasteiger charge is 2.35. The molecule has 4 aromatic rings. The molecule has 0 bridgehead atoms. The minimum absolute atomic E-state index is 0.112. The average molecular weight is 889 g/mol. The fourth-order valence-electron chi connectivity index (χ4n) is 4.89. The molecule has 7 nitrogen and oxygen atoms in total. The number of thiazole rings is 1. The van der Waals surface area contributed by atoms with Crippen LogP contribution in [-0.2, 0) is 16.1 Å². The lowest BCUT2D eigenvalue weighted by atomic mass is 9.95. The molecule has 0 N–H and O–H groups in total. The van der Waals surface area contributed by atoms with Gasteiger partial charge >= 0.3 is 5.97 Å². The summed E-state index contributed by atoms with van der Waals surface area (Å²) >= 11 is 17.9. The Hall–Kier alpha value is -2.39. The van der Waals surface area contributed by atoms with E-state index in [1.165, 1.54) is 11.3 Å². The standard InChI is InChI=1S/C33H28Cl2I2N2O5S/c1-5-42-32(41)28-18(4)38-33-39(29(28)21-8-6-7-9-26(21)44-17(2)3)31(40)27(45-33)15-20-13-24(36)30(25(37)14-20)43-16-19-10-11-22(34)23(35)12-19/h6-15,17,29H,5,16H2,1-4H3/b27-15-/t29-/m1/s1. The van der Waals surface area contributed by atoms with Gasteiger partial charge < -0.3 is 14.2 Å². The summed E-state index contributed by atoms with van der Waals surface area (Å²) in [4.78, 5) is 32.6. The van der Waals surface area contributed by atoms with Gasteiger partial charge in [0.2, 0.25) is 0 Å². The minimum atomic E-state index is -0.769. The Morgan fingerprint density at radius 3 is 2.47 bits per heavy atom. The molecule has 12 heteroatoms. The van der Waals surface area contributed by atoms with Crippen LogP contribution >= 0.6 is 79.7 Å². The average Bonchev–Trinajstić information content (AvgIpc) is 3.27. The molecule has 2 heterocycles. The zero-order chi connectivity index (χ0) is 32.4. The lowest BCUT2D eigenvalue weighted by Crippen LogP contribution is -2.40. The molecule has 0 spiro atoms. The van der Waals surface area contributed by atoms with Gasteiger partial charge in [0.05, 0.1) is 45.7 Å². The lowest BCUT2D eigenvalue weighted by Gasteiger charge is -2.26. The number of carbonyl (C=O) groups excluding carboxylic acids is 1. The number of allylic oxidation sites excluding steroid dienone is 1. The Kier molecular flexibility index (Phi) is 11.0. The maximum absolute atomic E-state index is 14.1. The molecule has 0 saturated heterocycles. The van der Waals surface area contributed by atoms with E-state index >= 15 is 0 Å². The number of rotatable bonds is 9. The Morgan fingerprint density at radius 2 is 1.80 bits per heavy atom. The molecule has 1 aromatic heterocycles. The Bertz CT molecular complexity index is 1980. The summed E-state index contributed by atoms with van der Waals surface area (Å²) in [6, 6.07) is 16.0. The first-order valence-corrected chi connectivity index (χ1v) is 17.7. The first kappa shape index (κ1) is 34.0. The second kappa shape index (κ2) is 14.6. The van der Waals surface area contributed by atoms with E-state index < -0.39 is 12.0 Å². The van der Waals surface area contributed by atoms with Gasteiger partial charge in [0.1, 0.15) is 24.1 Å². The number of hydrogen-bond acceptors (Lipinski definition) is 7. The molecule has 0 amide bonds. The van der Waals surface area contributed by atoms with E-state index in [1.54, 1.807) is 30.5 Å². The topological polar surface area (TPSA) is 79.1 Å². The van der Waals surface area contributed by atoms with Crippen LogP contribution in [0.5, 0.6) is 11.5 Å². The number of para-hydroxylation sites is 1. The van der Waals surface area contributed by atoms with Crippen LogP contribution in [0.25, 0.3) is 6.08 Å². The number of esters is 1. The molecule has 1 aliphatic rings. The third-order valence-corrected chi connectivity index (χ3v) is 10.1. The highest BCUT2D eigenvalue weighted by molar-refractivity contribution is 14.1. The van der Waals surface area contributed by atoms with E-state index in [-0.39, 0.29) is 18.3 Å². The van der Waals surface area contributed by atoms with E-state index in [0.717, 1.165) is 24.0 Å². The minimum Gasteiger partial charge on any atom is -0.491 e. The van der Waals surface area contributed by atoms with Crippen molar-refractivity contribution >= 4 is 91.8 Å². The van der Waals surface area contributed by atoms with Crippen LogP contribution in [0.2, 0.25) is 10.0 Å². The highest BCUT2D eigenvalue weighted by Crippen LogP contribution is 2.36. The zero-order valence-electron chi connectivity index (χ0n) is 24.7. The Morgan fingerprint density at radius 1 is 1.09 bits per heavy atom. The third kappa shape index (κ3) is 7.45. The molecule has 0 radical (unpaired) electrons. The van der Waals surface area contributed by atoms with Crippen molar-refractivity contribution in [3.63, 3.8) is 0 Å². The molecule has 0 aliphatic carbocycles. The van der Waals surface area contributed by atoms with E-state index in [2.05, 4.69) is 45.2 Å². The molecule has 1 aliphatic heterocycles. The van der Waals surface area contributed by atoms with Crippen molar-refractivity contribution in [3.05, 3.63) is 119 Å². The van der Waals surface area contributed by atoms with Gasteiger partial charge in [0.15, 0.2) is 4.80 Å². The largest absolute Gasteiger partial charge is 0.491 e. The summed E-state index contributed by atoms with van der Waals surface area (Å²) in [6.07, 6.45) is 1.73. The van der Waals surface area contributed by atoms with Gasteiger partial charge in [-0.25, -0.2) is 9.79 Å². The summed E-state index contributed by atoms with van der Waals surface area (Å²) in [5.41, 5.74) is 2.96. The number of benzene rings is 3. The summed E-state index contributed by atoms with van der Waals surface area (Å²) in [6.45, 7) is 7.90. The second-order valence-corrected chi connectivity index (χ2v) is 14.5. The number of fused-ring (bicyclic) bond motifs is 1. The maximum atomic E-state index is 14.1. The maximum Gasteiger partial charge on any atom is 0.338 e. The Labute approximate surface area is 301 Å². The van der Waals surface area contributed by atoms with Crippen LogP contribution in [0.1, 0.15) is 50.4 Å². The number of nitrogens with zero attached hydrogens (tertiary/aromatic N) is 2.